The molecule has 18 heavy (non-hydrogen) atoms. The largest absolute Gasteiger partial charge is 0.379 e. The first-order valence-electron chi connectivity index (χ1n) is 6.00. The molecule has 0 atom stereocenters. The topological polar surface area (TPSA) is 33.3 Å². The van der Waals surface area contributed by atoms with Crippen molar-refractivity contribution in [2.24, 2.45) is 0 Å². The fraction of sp³-hybridized carbons (Fsp3) is 0.462. The molecule has 0 spiro atoms. The molecule has 0 aliphatic rings. The predicted octanol–water partition coefficient (Wildman–Crippen LogP) is 3.44. The Kier molecular flexibility index (Phi) is 7.01. The number of ether oxygens (including phenoxy) is 1. The second-order valence-electron chi connectivity index (χ2n) is 4.16. The SMILES string of the molecule is CC(C)OCCCNC(=S)Nc1ccc(Cl)cc1. The molecule has 0 radical (unpaired) electrons. The second-order valence-corrected chi connectivity index (χ2v) is 5.01. The van der Waals surface area contributed by atoms with Gasteiger partial charge in [-0.1, -0.05) is 11.6 Å². The van der Waals surface area contributed by atoms with E-state index in [0.29, 0.717) is 10.1 Å². The minimum atomic E-state index is 0.282. The van der Waals surface area contributed by atoms with E-state index in [-0.39, 0.29) is 6.10 Å². The molecule has 0 aromatic heterocycles. The summed E-state index contributed by atoms with van der Waals surface area (Å²) in [6.07, 6.45) is 1.21. The normalized spacial score (nSPS) is 10.4. The standard InChI is InChI=1S/C13H19ClN2OS/c1-10(2)17-9-3-8-15-13(18)16-12-6-4-11(14)5-7-12/h4-7,10H,3,8-9H2,1-2H3,(H2,15,16,18). The zero-order valence-corrected chi connectivity index (χ0v) is 12.3. The van der Waals surface area contributed by atoms with Gasteiger partial charge in [-0.15, -0.1) is 0 Å². The van der Waals surface area contributed by atoms with Gasteiger partial charge in [0.15, 0.2) is 5.11 Å². The third kappa shape index (κ3) is 6.79. The molecule has 2 N–H and O–H groups in total. The van der Waals surface area contributed by atoms with Crippen molar-refractivity contribution >= 4 is 34.6 Å². The van der Waals surface area contributed by atoms with Gasteiger partial charge in [-0.05, 0) is 56.8 Å². The van der Waals surface area contributed by atoms with E-state index in [0.717, 1.165) is 25.3 Å². The molecule has 0 unspecified atom stereocenters. The van der Waals surface area contributed by atoms with Gasteiger partial charge in [-0.3, -0.25) is 0 Å². The number of hydrogen-bond donors (Lipinski definition) is 2. The van der Waals surface area contributed by atoms with Gasteiger partial charge in [0.05, 0.1) is 6.10 Å². The van der Waals surface area contributed by atoms with Gasteiger partial charge in [-0.25, -0.2) is 0 Å². The highest BCUT2D eigenvalue weighted by molar-refractivity contribution is 7.80. The Morgan fingerprint density at radius 3 is 2.61 bits per heavy atom. The molecule has 0 saturated heterocycles. The summed E-state index contributed by atoms with van der Waals surface area (Å²) in [4.78, 5) is 0. The molecule has 0 aliphatic heterocycles. The van der Waals surface area contributed by atoms with Crippen LogP contribution in [0.5, 0.6) is 0 Å². The van der Waals surface area contributed by atoms with Crippen molar-refractivity contribution in [2.75, 3.05) is 18.5 Å². The molecule has 0 heterocycles. The Balaban J connectivity index is 2.16. The van der Waals surface area contributed by atoms with E-state index < -0.39 is 0 Å². The monoisotopic (exact) mass is 286 g/mol. The number of halogens is 1. The number of hydrogen-bond acceptors (Lipinski definition) is 2. The van der Waals surface area contributed by atoms with Crippen LogP contribution in [0, 0.1) is 0 Å². The third-order valence-electron chi connectivity index (χ3n) is 2.16. The average molecular weight is 287 g/mol. The van der Waals surface area contributed by atoms with Crippen LogP contribution in [-0.2, 0) is 4.74 Å². The van der Waals surface area contributed by atoms with Gasteiger partial charge in [0.2, 0.25) is 0 Å². The summed E-state index contributed by atoms with van der Waals surface area (Å²) < 4.78 is 5.44. The Morgan fingerprint density at radius 2 is 2.00 bits per heavy atom. The highest BCUT2D eigenvalue weighted by Gasteiger charge is 1.98. The maximum Gasteiger partial charge on any atom is 0.170 e. The average Bonchev–Trinajstić information content (AvgIpc) is 2.31. The van der Waals surface area contributed by atoms with E-state index in [2.05, 4.69) is 10.6 Å². The van der Waals surface area contributed by atoms with Crippen LogP contribution in [0.1, 0.15) is 20.3 Å². The van der Waals surface area contributed by atoms with Crippen LogP contribution in [-0.4, -0.2) is 24.4 Å². The van der Waals surface area contributed by atoms with Crippen molar-refractivity contribution in [1.29, 1.82) is 0 Å². The molecule has 0 amide bonds. The number of nitrogens with one attached hydrogen (secondary N) is 2. The van der Waals surface area contributed by atoms with E-state index in [1.807, 2.05) is 38.1 Å². The molecule has 0 aliphatic carbocycles. The molecule has 0 saturated carbocycles. The number of rotatable bonds is 6. The summed E-state index contributed by atoms with van der Waals surface area (Å²) in [7, 11) is 0. The molecule has 5 heteroatoms. The highest BCUT2D eigenvalue weighted by Crippen LogP contribution is 2.12. The van der Waals surface area contributed by atoms with Crippen LogP contribution in [0.15, 0.2) is 24.3 Å². The minimum absolute atomic E-state index is 0.282. The van der Waals surface area contributed by atoms with Crippen molar-refractivity contribution in [3.8, 4) is 0 Å². The molecule has 100 valence electrons. The fourth-order valence-corrected chi connectivity index (χ4v) is 1.65. The molecule has 0 bridgehead atoms. The van der Waals surface area contributed by atoms with Gasteiger partial charge in [0, 0.05) is 23.9 Å². The zero-order valence-electron chi connectivity index (χ0n) is 10.7. The van der Waals surface area contributed by atoms with Gasteiger partial charge < -0.3 is 15.4 Å². The quantitative estimate of drug-likeness (QED) is 0.620. The Bertz CT molecular complexity index is 368. The molecular formula is C13H19ClN2OS. The first kappa shape index (κ1) is 15.2. The number of benzene rings is 1. The summed E-state index contributed by atoms with van der Waals surface area (Å²) in [6, 6.07) is 7.42. The first-order chi connectivity index (χ1) is 8.58. The predicted molar refractivity (Wildman–Crippen MR) is 81.4 cm³/mol. The van der Waals surface area contributed by atoms with Crippen molar-refractivity contribution in [3.05, 3.63) is 29.3 Å². The number of thiocarbonyl (C=S) groups is 1. The lowest BCUT2D eigenvalue weighted by Gasteiger charge is -2.11. The van der Waals surface area contributed by atoms with Crippen molar-refractivity contribution in [3.63, 3.8) is 0 Å². The van der Waals surface area contributed by atoms with E-state index in [1.165, 1.54) is 0 Å². The minimum Gasteiger partial charge on any atom is -0.379 e. The van der Waals surface area contributed by atoms with Crippen LogP contribution < -0.4 is 10.6 Å². The van der Waals surface area contributed by atoms with Crippen LogP contribution >= 0.6 is 23.8 Å². The molecular weight excluding hydrogens is 268 g/mol. The van der Waals surface area contributed by atoms with Gasteiger partial charge in [0.1, 0.15) is 0 Å². The number of anilines is 1. The van der Waals surface area contributed by atoms with E-state index >= 15 is 0 Å². The van der Waals surface area contributed by atoms with Gasteiger partial charge >= 0.3 is 0 Å². The van der Waals surface area contributed by atoms with Crippen molar-refractivity contribution in [1.82, 2.24) is 5.32 Å². The summed E-state index contributed by atoms with van der Waals surface area (Å²) in [5, 5.41) is 7.54. The van der Waals surface area contributed by atoms with Crippen LogP contribution in [0.4, 0.5) is 5.69 Å². The highest BCUT2D eigenvalue weighted by atomic mass is 35.5. The van der Waals surface area contributed by atoms with E-state index in [9.17, 15) is 0 Å². The third-order valence-corrected chi connectivity index (χ3v) is 2.66. The molecule has 1 rings (SSSR count). The van der Waals surface area contributed by atoms with Gasteiger partial charge in [-0.2, -0.15) is 0 Å². The maximum absolute atomic E-state index is 5.80. The molecule has 1 aromatic rings. The Hall–Kier alpha value is -0.840. The van der Waals surface area contributed by atoms with Crippen LogP contribution in [0.2, 0.25) is 5.02 Å². The Labute approximate surface area is 119 Å². The zero-order chi connectivity index (χ0) is 13.4. The Morgan fingerprint density at radius 1 is 1.33 bits per heavy atom. The second kappa shape index (κ2) is 8.29. The summed E-state index contributed by atoms with van der Waals surface area (Å²) in [6.45, 7) is 5.60. The lowest BCUT2D eigenvalue weighted by molar-refractivity contribution is 0.0777. The fourth-order valence-electron chi connectivity index (χ4n) is 1.30. The van der Waals surface area contributed by atoms with Crippen molar-refractivity contribution < 1.29 is 4.74 Å². The summed E-state index contributed by atoms with van der Waals surface area (Å²) in [5.41, 5.74) is 0.926. The van der Waals surface area contributed by atoms with E-state index in [4.69, 9.17) is 28.6 Å². The summed E-state index contributed by atoms with van der Waals surface area (Å²) in [5.74, 6) is 0. The lowest BCUT2D eigenvalue weighted by Crippen LogP contribution is -2.29. The van der Waals surface area contributed by atoms with E-state index in [1.54, 1.807) is 0 Å². The maximum atomic E-state index is 5.80. The van der Waals surface area contributed by atoms with Gasteiger partial charge in [0.25, 0.3) is 0 Å². The van der Waals surface area contributed by atoms with Crippen LogP contribution in [0.3, 0.4) is 0 Å². The molecule has 0 fully saturated rings. The van der Waals surface area contributed by atoms with Crippen LogP contribution in [0.25, 0.3) is 0 Å². The smallest absolute Gasteiger partial charge is 0.170 e. The molecule has 3 nitrogen and oxygen atoms in total. The summed E-state index contributed by atoms with van der Waals surface area (Å²) >= 11 is 11.0. The lowest BCUT2D eigenvalue weighted by atomic mass is 10.3. The molecule has 1 aromatic carbocycles. The first-order valence-corrected chi connectivity index (χ1v) is 6.78. The van der Waals surface area contributed by atoms with Crippen molar-refractivity contribution in [2.45, 2.75) is 26.4 Å².